The topological polar surface area (TPSA) is 120 Å². The van der Waals surface area contributed by atoms with Crippen LogP contribution in [0.5, 0.6) is 11.5 Å². The lowest BCUT2D eigenvalue weighted by molar-refractivity contribution is -0.286. The van der Waals surface area contributed by atoms with Crippen LogP contribution in [0, 0.1) is 0 Å². The Balaban J connectivity index is 0.00000304. The normalized spacial score (nSPS) is 15.9. The van der Waals surface area contributed by atoms with Crippen LogP contribution in [-0.2, 0) is 30.5 Å². The third-order valence-electron chi connectivity index (χ3n) is 6.03. The molecule has 2 N–H and O–H groups in total. The minimum absolute atomic E-state index is 0. The molecule has 1 unspecified atom stereocenters. The number of hydrogen-bond donors (Lipinski definition) is 2. The fourth-order valence-corrected chi connectivity index (χ4v) is 4.36. The Bertz CT molecular complexity index is 1240. The molecule has 4 heterocycles. The molecule has 2 aromatic heterocycles. The SMILES string of the molecule is Cl.O=C(O)CC(Cc1nc(CCCc2ccc3c(n2)NCCC3)no1)c1ccc2c(c1)OC(F)(F)O2. The van der Waals surface area contributed by atoms with Crippen molar-refractivity contribution < 1.29 is 32.7 Å². The zero-order valence-electron chi connectivity index (χ0n) is 19.2. The van der Waals surface area contributed by atoms with Gasteiger partial charge < -0.3 is 24.4 Å². The number of halogens is 3. The van der Waals surface area contributed by atoms with E-state index in [0.717, 1.165) is 43.7 Å². The van der Waals surface area contributed by atoms with Crippen LogP contribution in [0.2, 0.25) is 0 Å². The Morgan fingerprint density at radius 3 is 2.81 bits per heavy atom. The third-order valence-corrected chi connectivity index (χ3v) is 6.03. The largest absolute Gasteiger partial charge is 0.586 e. The fraction of sp³-hybridized carbons (Fsp3) is 0.417. The van der Waals surface area contributed by atoms with Crippen molar-refractivity contribution in [1.29, 1.82) is 0 Å². The van der Waals surface area contributed by atoms with Crippen LogP contribution in [0.25, 0.3) is 0 Å². The Morgan fingerprint density at radius 2 is 1.97 bits per heavy atom. The van der Waals surface area contributed by atoms with Gasteiger partial charge in [0.05, 0.1) is 6.42 Å². The summed E-state index contributed by atoms with van der Waals surface area (Å²) in [4.78, 5) is 20.5. The zero-order chi connectivity index (χ0) is 24.4. The fourth-order valence-electron chi connectivity index (χ4n) is 4.36. The molecule has 12 heteroatoms. The maximum Gasteiger partial charge on any atom is 0.586 e. The number of aliphatic carboxylic acids is 1. The summed E-state index contributed by atoms with van der Waals surface area (Å²) in [6.07, 6.45) is 0.449. The lowest BCUT2D eigenvalue weighted by Crippen LogP contribution is -2.25. The molecule has 5 rings (SSSR count). The molecule has 9 nitrogen and oxygen atoms in total. The Kier molecular flexibility index (Phi) is 7.58. The number of benzene rings is 1. The monoisotopic (exact) mass is 522 g/mol. The molecular formula is C24H25ClF2N4O5. The standard InChI is InChI=1S/C24H24F2N4O5.ClH/c25-24(26)33-18-9-7-15(11-19(18)34-24)16(13-22(31)32)12-21-29-20(30-35-21)5-1-4-17-8-6-14-3-2-10-27-23(14)28-17;/h6-9,11,16H,1-5,10,12-13H2,(H,27,28)(H,31,32);1H. The van der Waals surface area contributed by atoms with Gasteiger partial charge in [0.15, 0.2) is 17.3 Å². The number of aryl methyl sites for hydroxylation is 3. The highest BCUT2D eigenvalue weighted by Gasteiger charge is 2.43. The van der Waals surface area contributed by atoms with Gasteiger partial charge in [-0.25, -0.2) is 4.98 Å². The van der Waals surface area contributed by atoms with Gasteiger partial charge in [-0.1, -0.05) is 17.3 Å². The lowest BCUT2D eigenvalue weighted by Gasteiger charge is -2.17. The van der Waals surface area contributed by atoms with Crippen LogP contribution in [0.4, 0.5) is 14.6 Å². The van der Waals surface area contributed by atoms with Gasteiger partial charge in [0.2, 0.25) is 5.89 Å². The number of ether oxygens (including phenoxy) is 2. The number of anilines is 1. The molecule has 2 aliphatic heterocycles. The van der Waals surface area contributed by atoms with Gasteiger partial charge in [-0.15, -0.1) is 21.2 Å². The first-order valence-electron chi connectivity index (χ1n) is 11.5. The maximum atomic E-state index is 13.3. The van der Waals surface area contributed by atoms with Crippen molar-refractivity contribution in [3.8, 4) is 11.5 Å². The molecule has 1 atom stereocenters. The van der Waals surface area contributed by atoms with Crippen molar-refractivity contribution in [3.05, 3.63) is 58.9 Å². The third kappa shape index (κ3) is 6.01. The predicted molar refractivity (Wildman–Crippen MR) is 126 cm³/mol. The van der Waals surface area contributed by atoms with E-state index >= 15 is 0 Å². The predicted octanol–water partition coefficient (Wildman–Crippen LogP) is 4.54. The van der Waals surface area contributed by atoms with Crippen molar-refractivity contribution in [3.63, 3.8) is 0 Å². The van der Waals surface area contributed by atoms with E-state index in [0.29, 0.717) is 17.8 Å². The number of carbonyl (C=O) groups is 1. The molecular weight excluding hydrogens is 498 g/mol. The molecule has 192 valence electrons. The minimum Gasteiger partial charge on any atom is -0.481 e. The molecule has 0 saturated heterocycles. The molecule has 0 radical (unpaired) electrons. The number of nitrogens with one attached hydrogen (secondary N) is 1. The smallest absolute Gasteiger partial charge is 0.481 e. The van der Waals surface area contributed by atoms with E-state index in [4.69, 9.17) is 4.52 Å². The lowest BCUT2D eigenvalue weighted by atomic mass is 9.92. The van der Waals surface area contributed by atoms with E-state index in [1.165, 1.54) is 23.8 Å². The molecule has 0 saturated carbocycles. The number of pyridine rings is 1. The average Bonchev–Trinajstić information content (AvgIpc) is 3.39. The van der Waals surface area contributed by atoms with Crippen LogP contribution in [-0.4, -0.2) is 39.0 Å². The molecule has 0 fully saturated rings. The maximum absolute atomic E-state index is 13.3. The van der Waals surface area contributed by atoms with E-state index in [1.807, 2.05) is 6.07 Å². The van der Waals surface area contributed by atoms with Gasteiger partial charge in [-0.2, -0.15) is 4.98 Å². The Labute approximate surface area is 211 Å². The highest BCUT2D eigenvalue weighted by Crippen LogP contribution is 2.42. The van der Waals surface area contributed by atoms with E-state index in [2.05, 4.69) is 36.0 Å². The molecule has 36 heavy (non-hydrogen) atoms. The first-order chi connectivity index (χ1) is 16.8. The van der Waals surface area contributed by atoms with E-state index < -0.39 is 18.2 Å². The average molecular weight is 523 g/mol. The molecule has 2 aliphatic rings. The van der Waals surface area contributed by atoms with Gasteiger partial charge in [0.25, 0.3) is 0 Å². The van der Waals surface area contributed by atoms with Gasteiger partial charge in [0, 0.05) is 31.0 Å². The number of hydrogen-bond acceptors (Lipinski definition) is 8. The Morgan fingerprint density at radius 1 is 1.14 bits per heavy atom. The molecule has 3 aromatic rings. The number of rotatable bonds is 9. The van der Waals surface area contributed by atoms with Crippen LogP contribution in [0.3, 0.4) is 0 Å². The van der Waals surface area contributed by atoms with Crippen molar-refractivity contribution in [1.82, 2.24) is 15.1 Å². The summed E-state index contributed by atoms with van der Waals surface area (Å²) in [5, 5.41) is 16.7. The zero-order valence-corrected chi connectivity index (χ0v) is 20.0. The van der Waals surface area contributed by atoms with Crippen LogP contribution >= 0.6 is 12.4 Å². The summed E-state index contributed by atoms with van der Waals surface area (Å²) in [6.45, 7) is 0.941. The summed E-state index contributed by atoms with van der Waals surface area (Å²) >= 11 is 0. The quantitative estimate of drug-likeness (QED) is 0.417. The van der Waals surface area contributed by atoms with Gasteiger partial charge in [0.1, 0.15) is 5.82 Å². The van der Waals surface area contributed by atoms with Crippen LogP contribution < -0.4 is 14.8 Å². The van der Waals surface area contributed by atoms with Crippen LogP contribution in [0.15, 0.2) is 34.9 Å². The summed E-state index contributed by atoms with van der Waals surface area (Å²) in [7, 11) is 0. The number of carboxylic acid groups (broad SMARTS) is 1. The number of fused-ring (bicyclic) bond motifs is 2. The van der Waals surface area contributed by atoms with Crippen molar-refractivity contribution in [2.45, 2.75) is 57.2 Å². The summed E-state index contributed by atoms with van der Waals surface area (Å²) < 4.78 is 40.9. The first-order valence-corrected chi connectivity index (χ1v) is 11.5. The second kappa shape index (κ2) is 10.7. The second-order valence-electron chi connectivity index (χ2n) is 8.67. The van der Waals surface area contributed by atoms with E-state index in [1.54, 1.807) is 0 Å². The van der Waals surface area contributed by atoms with Gasteiger partial charge in [-0.05, 0) is 55.0 Å². The summed E-state index contributed by atoms with van der Waals surface area (Å²) in [6, 6.07) is 8.40. The number of alkyl halides is 2. The van der Waals surface area contributed by atoms with Crippen molar-refractivity contribution in [2.75, 3.05) is 11.9 Å². The molecule has 0 amide bonds. The van der Waals surface area contributed by atoms with Gasteiger partial charge in [-0.3, -0.25) is 4.79 Å². The Hall–Kier alpha value is -3.47. The number of nitrogens with zero attached hydrogens (tertiary/aromatic N) is 3. The summed E-state index contributed by atoms with van der Waals surface area (Å²) in [5.41, 5.74) is 2.74. The second-order valence-corrected chi connectivity index (χ2v) is 8.67. The molecule has 0 aliphatic carbocycles. The first kappa shape index (κ1) is 25.6. The van der Waals surface area contributed by atoms with E-state index in [9.17, 15) is 18.7 Å². The van der Waals surface area contributed by atoms with Gasteiger partial charge >= 0.3 is 12.3 Å². The number of carboxylic acids is 1. The number of aromatic nitrogens is 3. The van der Waals surface area contributed by atoms with Crippen molar-refractivity contribution in [2.24, 2.45) is 0 Å². The molecule has 0 bridgehead atoms. The van der Waals surface area contributed by atoms with Crippen molar-refractivity contribution >= 4 is 24.2 Å². The highest BCUT2D eigenvalue weighted by molar-refractivity contribution is 5.85. The molecule has 0 spiro atoms. The minimum atomic E-state index is -3.74. The summed E-state index contributed by atoms with van der Waals surface area (Å²) in [5.74, 6) is -0.0776. The van der Waals surface area contributed by atoms with Crippen LogP contribution in [0.1, 0.15) is 53.7 Å². The van der Waals surface area contributed by atoms with E-state index in [-0.39, 0.29) is 42.6 Å². The highest BCUT2D eigenvalue weighted by atomic mass is 35.5. The molecule has 1 aromatic carbocycles.